The van der Waals surface area contributed by atoms with Crippen molar-refractivity contribution in [2.45, 2.75) is 11.1 Å². The Labute approximate surface area is 131 Å². The smallest absolute Gasteiger partial charge is 0.313 e. The fourth-order valence-corrected chi connectivity index (χ4v) is 2.90. The Hall–Kier alpha value is -2.27. The number of nitrogens with one attached hydrogen (secondary N) is 3. The molecule has 0 bridgehead atoms. The van der Waals surface area contributed by atoms with Crippen LogP contribution in [0.1, 0.15) is 5.56 Å². The van der Waals surface area contributed by atoms with E-state index in [1.165, 1.54) is 0 Å². The zero-order chi connectivity index (χ0) is 17.4. The Morgan fingerprint density at radius 2 is 1.83 bits per heavy atom. The number of halogens is 4. The molecule has 0 saturated heterocycles. The van der Waals surface area contributed by atoms with Crippen LogP contribution in [0.15, 0.2) is 38.9 Å². The van der Waals surface area contributed by atoms with E-state index in [0.717, 1.165) is 12.1 Å². The molecule has 0 fully saturated rings. The van der Waals surface area contributed by atoms with E-state index in [1.54, 1.807) is 9.71 Å². The van der Waals surface area contributed by atoms with Crippen LogP contribution in [-0.2, 0) is 16.2 Å². The molecule has 23 heavy (non-hydrogen) atoms. The monoisotopic (exact) mass is 369 g/mol. The van der Waals surface area contributed by atoms with Crippen LogP contribution in [0.3, 0.4) is 0 Å². The molecule has 124 valence electrons. The van der Waals surface area contributed by atoms with E-state index in [0.29, 0.717) is 12.3 Å². The van der Waals surface area contributed by atoms with Gasteiger partial charge in [-0.3, -0.25) is 14.5 Å². The number of anilines is 1. The van der Waals surface area contributed by atoms with Gasteiger partial charge < -0.3 is 4.98 Å². The molecule has 0 atom stereocenters. The van der Waals surface area contributed by atoms with Gasteiger partial charge in [0.2, 0.25) is 0 Å². The number of hydrogen-bond acceptors (Lipinski definition) is 4. The van der Waals surface area contributed by atoms with Crippen LogP contribution in [0.4, 0.5) is 18.9 Å². The van der Waals surface area contributed by atoms with Crippen LogP contribution in [0.5, 0.6) is 0 Å². The van der Waals surface area contributed by atoms with Gasteiger partial charge in [-0.2, -0.15) is 13.2 Å². The molecular weight excluding hydrogens is 363 g/mol. The minimum Gasteiger partial charge on any atom is -0.313 e. The van der Waals surface area contributed by atoms with Crippen LogP contribution in [-0.4, -0.2) is 18.4 Å². The summed E-state index contributed by atoms with van der Waals surface area (Å²) in [7, 11) is -4.66. The molecule has 1 heterocycles. The summed E-state index contributed by atoms with van der Waals surface area (Å²) in [5.74, 6) is 0. The molecule has 0 saturated carbocycles. The number of rotatable bonds is 3. The van der Waals surface area contributed by atoms with Crippen LogP contribution in [0.25, 0.3) is 0 Å². The molecule has 0 spiro atoms. The number of alkyl halides is 3. The van der Waals surface area contributed by atoms with Crippen LogP contribution in [0.2, 0.25) is 5.02 Å². The molecule has 0 aliphatic heterocycles. The lowest BCUT2D eigenvalue weighted by atomic mass is 10.2. The SMILES string of the molecule is O=c1[nH]cc(S(=O)(=O)Nc2ccc(Cl)cc2C(F)(F)F)c(=O)[nH]1. The van der Waals surface area contributed by atoms with Crippen molar-refractivity contribution in [2.75, 3.05) is 4.72 Å². The highest BCUT2D eigenvalue weighted by molar-refractivity contribution is 7.92. The van der Waals surface area contributed by atoms with E-state index in [4.69, 9.17) is 11.6 Å². The molecule has 0 aliphatic carbocycles. The maximum absolute atomic E-state index is 12.9. The van der Waals surface area contributed by atoms with Crippen molar-refractivity contribution in [3.63, 3.8) is 0 Å². The lowest BCUT2D eigenvalue weighted by molar-refractivity contribution is -0.136. The van der Waals surface area contributed by atoms with Crippen molar-refractivity contribution in [2.24, 2.45) is 0 Å². The zero-order valence-electron chi connectivity index (χ0n) is 10.9. The first-order valence-corrected chi connectivity index (χ1v) is 7.58. The van der Waals surface area contributed by atoms with Crippen molar-refractivity contribution in [3.8, 4) is 0 Å². The minimum absolute atomic E-state index is 0.248. The first-order chi connectivity index (χ1) is 10.5. The summed E-state index contributed by atoms with van der Waals surface area (Å²) in [4.78, 5) is 25.0. The lowest BCUT2D eigenvalue weighted by Gasteiger charge is -2.14. The van der Waals surface area contributed by atoms with Gasteiger partial charge >= 0.3 is 11.9 Å². The molecule has 12 heteroatoms. The predicted octanol–water partition coefficient (Wildman–Crippen LogP) is 1.54. The Morgan fingerprint density at radius 3 is 2.39 bits per heavy atom. The summed E-state index contributed by atoms with van der Waals surface area (Å²) < 4.78 is 64.5. The second-order valence-corrected chi connectivity index (χ2v) is 6.32. The molecule has 2 aromatic rings. The average molecular weight is 370 g/mol. The fraction of sp³-hybridized carbons (Fsp3) is 0.0909. The third kappa shape index (κ3) is 3.74. The van der Waals surface area contributed by atoms with Crippen LogP contribution < -0.4 is 16.0 Å². The van der Waals surface area contributed by atoms with Gasteiger partial charge in [-0.1, -0.05) is 11.6 Å². The molecule has 1 aromatic heterocycles. The van der Waals surface area contributed by atoms with Gasteiger partial charge in [0.1, 0.15) is 0 Å². The summed E-state index contributed by atoms with van der Waals surface area (Å²) in [6.45, 7) is 0. The Kier molecular flexibility index (Phi) is 4.26. The van der Waals surface area contributed by atoms with E-state index >= 15 is 0 Å². The topological polar surface area (TPSA) is 112 Å². The predicted molar refractivity (Wildman–Crippen MR) is 74.9 cm³/mol. The summed E-state index contributed by atoms with van der Waals surface area (Å²) in [5, 5.41) is -0.248. The maximum atomic E-state index is 12.9. The summed E-state index contributed by atoms with van der Waals surface area (Å²) in [6.07, 6.45) is -4.30. The second kappa shape index (κ2) is 5.74. The van der Waals surface area contributed by atoms with E-state index < -0.39 is 43.6 Å². The average Bonchev–Trinajstić information content (AvgIpc) is 2.39. The number of H-pyrrole nitrogens is 2. The number of aromatic amines is 2. The number of sulfonamides is 1. The van der Waals surface area contributed by atoms with Crippen molar-refractivity contribution in [3.05, 3.63) is 55.8 Å². The van der Waals surface area contributed by atoms with Gasteiger partial charge in [0, 0.05) is 11.2 Å². The van der Waals surface area contributed by atoms with Crippen molar-refractivity contribution >= 4 is 27.3 Å². The highest BCUT2D eigenvalue weighted by Gasteiger charge is 2.35. The third-order valence-electron chi connectivity index (χ3n) is 2.61. The highest BCUT2D eigenvalue weighted by Crippen LogP contribution is 2.37. The van der Waals surface area contributed by atoms with Gasteiger partial charge in [0.15, 0.2) is 4.90 Å². The quantitative estimate of drug-likeness (QED) is 0.761. The van der Waals surface area contributed by atoms with E-state index in [1.807, 2.05) is 4.98 Å². The second-order valence-electron chi connectivity index (χ2n) is 4.23. The van der Waals surface area contributed by atoms with Gasteiger partial charge in [0.05, 0.1) is 11.3 Å². The van der Waals surface area contributed by atoms with E-state index in [-0.39, 0.29) is 5.02 Å². The molecule has 0 aliphatic rings. The fourth-order valence-electron chi connectivity index (χ4n) is 1.64. The molecule has 7 nitrogen and oxygen atoms in total. The third-order valence-corrected chi connectivity index (χ3v) is 4.21. The molecule has 3 N–H and O–H groups in total. The molecule has 1 aromatic carbocycles. The van der Waals surface area contributed by atoms with Crippen molar-refractivity contribution < 1.29 is 21.6 Å². The Morgan fingerprint density at radius 1 is 1.17 bits per heavy atom. The minimum atomic E-state index is -4.87. The zero-order valence-corrected chi connectivity index (χ0v) is 12.4. The Bertz CT molecular complexity index is 965. The van der Waals surface area contributed by atoms with Gasteiger partial charge in [-0.25, -0.2) is 13.2 Å². The summed E-state index contributed by atoms with van der Waals surface area (Å²) in [5.41, 5.74) is -4.37. The van der Waals surface area contributed by atoms with E-state index in [9.17, 15) is 31.2 Å². The highest BCUT2D eigenvalue weighted by atomic mass is 35.5. The standard InChI is InChI=1S/C11H7ClF3N3O4S/c12-5-1-2-7(6(3-5)11(13,14)15)18-23(21,22)8-4-16-10(20)17-9(8)19/h1-4,18H,(H2,16,17,19,20). The summed E-state index contributed by atoms with van der Waals surface area (Å²) in [6, 6.07) is 2.39. The van der Waals surface area contributed by atoms with Crippen LogP contribution >= 0.6 is 11.6 Å². The largest absolute Gasteiger partial charge is 0.418 e. The maximum Gasteiger partial charge on any atom is 0.418 e. The number of aromatic nitrogens is 2. The van der Waals surface area contributed by atoms with Gasteiger partial charge in [0.25, 0.3) is 15.6 Å². The molecule has 0 radical (unpaired) electrons. The van der Waals surface area contributed by atoms with Gasteiger partial charge in [-0.05, 0) is 18.2 Å². The Balaban J connectivity index is 2.54. The molecule has 0 amide bonds. The van der Waals surface area contributed by atoms with Crippen molar-refractivity contribution in [1.82, 2.24) is 9.97 Å². The first kappa shape index (κ1) is 17.1. The molecular formula is C11H7ClF3N3O4S. The van der Waals surface area contributed by atoms with Crippen LogP contribution in [0, 0.1) is 0 Å². The number of hydrogen-bond donors (Lipinski definition) is 3. The van der Waals surface area contributed by atoms with Crippen molar-refractivity contribution in [1.29, 1.82) is 0 Å². The normalized spacial score (nSPS) is 12.2. The lowest BCUT2D eigenvalue weighted by Crippen LogP contribution is -2.29. The molecule has 0 unspecified atom stereocenters. The van der Waals surface area contributed by atoms with Gasteiger partial charge in [-0.15, -0.1) is 0 Å². The number of benzene rings is 1. The van der Waals surface area contributed by atoms with E-state index in [2.05, 4.69) is 0 Å². The molecule has 2 rings (SSSR count). The first-order valence-electron chi connectivity index (χ1n) is 5.72. The summed E-state index contributed by atoms with van der Waals surface area (Å²) >= 11 is 5.48.